The van der Waals surface area contributed by atoms with Crippen molar-refractivity contribution < 1.29 is 27.8 Å². The summed E-state index contributed by atoms with van der Waals surface area (Å²) in [7, 11) is -2.37. The number of amides is 1. The van der Waals surface area contributed by atoms with Gasteiger partial charge in [-0.2, -0.15) is 0 Å². The van der Waals surface area contributed by atoms with Crippen molar-refractivity contribution in [1.29, 1.82) is 0 Å². The van der Waals surface area contributed by atoms with Crippen LogP contribution in [0.3, 0.4) is 0 Å². The quantitative estimate of drug-likeness (QED) is 0.724. The lowest BCUT2D eigenvalue weighted by atomic mass is 9.75. The molecule has 0 saturated carbocycles. The van der Waals surface area contributed by atoms with Crippen molar-refractivity contribution in [3.05, 3.63) is 30.1 Å². The van der Waals surface area contributed by atoms with E-state index < -0.39 is 45.5 Å². The van der Waals surface area contributed by atoms with Gasteiger partial charge in [0.1, 0.15) is 5.82 Å². The summed E-state index contributed by atoms with van der Waals surface area (Å²) in [4.78, 5) is 15.3. The normalized spacial score (nSPS) is 30.9. The summed E-state index contributed by atoms with van der Waals surface area (Å²) in [6.45, 7) is 0.169. The monoisotopic (exact) mass is 417 g/mol. The minimum absolute atomic E-state index is 0.263. The van der Waals surface area contributed by atoms with Crippen molar-refractivity contribution in [2.45, 2.75) is 35.5 Å². The van der Waals surface area contributed by atoms with Crippen LogP contribution in [0.4, 0.5) is 4.39 Å². The molecule has 0 bridgehead atoms. The lowest BCUT2D eigenvalue weighted by molar-refractivity contribution is -0.151. The zero-order chi connectivity index (χ0) is 19.6. The van der Waals surface area contributed by atoms with Crippen LogP contribution in [-0.4, -0.2) is 72.0 Å². The van der Waals surface area contributed by atoms with Gasteiger partial charge >= 0.3 is 0 Å². The molecule has 1 aromatic rings. The molecule has 2 heterocycles. The Labute approximate surface area is 162 Å². The van der Waals surface area contributed by atoms with Gasteiger partial charge in [-0.1, -0.05) is 0 Å². The van der Waals surface area contributed by atoms with Gasteiger partial charge in [-0.3, -0.25) is 13.2 Å². The molecular weight excluding hydrogens is 393 g/mol. The van der Waals surface area contributed by atoms with E-state index in [2.05, 4.69) is 0 Å². The lowest BCUT2D eigenvalue weighted by Crippen LogP contribution is -2.54. The predicted octanol–water partition coefficient (Wildman–Crippen LogP) is 0.416. The number of rotatable bonds is 5. The summed E-state index contributed by atoms with van der Waals surface area (Å²) in [6, 6.07) is 5.51. The molecule has 2 N–H and O–H groups in total. The molecule has 0 aliphatic carbocycles. The molecule has 3 atom stereocenters. The molecule has 150 valence electrons. The maximum Gasteiger partial charge on any atom is 0.231 e. The number of hydrogen-bond donors (Lipinski definition) is 2. The second-order valence-corrected chi connectivity index (χ2v) is 10.5. The fourth-order valence-electron chi connectivity index (χ4n) is 3.85. The number of aliphatic hydroxyl groups is 2. The Morgan fingerprint density at radius 3 is 2.56 bits per heavy atom. The maximum absolute atomic E-state index is 13.2. The summed E-state index contributed by atoms with van der Waals surface area (Å²) in [5.74, 6) is -0.0173. The third-order valence-corrected chi connectivity index (χ3v) is 8.62. The first-order chi connectivity index (χ1) is 12.9. The maximum atomic E-state index is 13.2. The molecule has 3 unspecified atom stereocenters. The highest BCUT2D eigenvalue weighted by atomic mass is 32.2. The molecule has 6 nitrogen and oxygen atoms in total. The Balaban J connectivity index is 1.72. The molecule has 1 aromatic carbocycles. The summed E-state index contributed by atoms with van der Waals surface area (Å²) in [5, 5.41) is 19.5. The SMILES string of the molecule is O=C(N1CCC(S(=O)c2ccc(F)cc2)C1)C1(C(O)CO)CCS(=O)CC1. The fourth-order valence-corrected chi connectivity index (χ4v) is 6.66. The summed E-state index contributed by atoms with van der Waals surface area (Å²) < 4.78 is 37.5. The number of carbonyl (C=O) groups excluding carboxylic acids is 1. The van der Waals surface area contributed by atoms with Crippen molar-refractivity contribution in [3.63, 3.8) is 0 Å². The first-order valence-corrected chi connectivity index (χ1v) is 11.7. The zero-order valence-electron chi connectivity index (χ0n) is 14.9. The molecule has 0 radical (unpaired) electrons. The number of benzene rings is 1. The Morgan fingerprint density at radius 2 is 1.96 bits per heavy atom. The van der Waals surface area contributed by atoms with Crippen molar-refractivity contribution in [2.75, 3.05) is 31.2 Å². The van der Waals surface area contributed by atoms with E-state index in [9.17, 15) is 27.8 Å². The van der Waals surface area contributed by atoms with Gasteiger partial charge in [-0.25, -0.2) is 4.39 Å². The molecule has 9 heteroatoms. The molecule has 2 aliphatic heterocycles. The van der Waals surface area contributed by atoms with Gasteiger partial charge in [0.15, 0.2) is 0 Å². The lowest BCUT2D eigenvalue weighted by Gasteiger charge is -2.41. The predicted molar refractivity (Wildman–Crippen MR) is 100 cm³/mol. The molecule has 27 heavy (non-hydrogen) atoms. The van der Waals surface area contributed by atoms with Gasteiger partial charge in [-0.15, -0.1) is 0 Å². The van der Waals surface area contributed by atoms with Gasteiger partial charge in [0.2, 0.25) is 5.91 Å². The van der Waals surface area contributed by atoms with Gasteiger partial charge < -0.3 is 15.1 Å². The van der Waals surface area contributed by atoms with Crippen LogP contribution in [-0.2, 0) is 26.4 Å². The van der Waals surface area contributed by atoms with E-state index in [1.165, 1.54) is 24.3 Å². The highest BCUT2D eigenvalue weighted by Gasteiger charge is 2.50. The first kappa shape index (κ1) is 20.6. The molecular formula is C18H24FNO5S2. The number of hydrogen-bond acceptors (Lipinski definition) is 5. The van der Waals surface area contributed by atoms with Gasteiger partial charge in [0.05, 0.1) is 34.2 Å². The average molecular weight is 418 g/mol. The zero-order valence-corrected chi connectivity index (χ0v) is 16.5. The van der Waals surface area contributed by atoms with Crippen LogP contribution in [0.2, 0.25) is 0 Å². The van der Waals surface area contributed by atoms with Crippen molar-refractivity contribution >= 4 is 27.5 Å². The molecule has 2 aliphatic rings. The second kappa shape index (κ2) is 8.46. The van der Waals surface area contributed by atoms with E-state index >= 15 is 0 Å². The summed E-state index contributed by atoms with van der Waals surface area (Å²) in [5.41, 5.74) is -1.13. The highest BCUT2D eigenvalue weighted by molar-refractivity contribution is 7.85. The Morgan fingerprint density at radius 1 is 1.33 bits per heavy atom. The Bertz CT molecular complexity index is 732. The van der Waals surface area contributed by atoms with Crippen LogP contribution in [0.5, 0.6) is 0 Å². The molecule has 3 rings (SSSR count). The van der Waals surface area contributed by atoms with Crippen molar-refractivity contribution in [2.24, 2.45) is 5.41 Å². The number of likely N-dealkylation sites (tertiary alicyclic amines) is 1. The largest absolute Gasteiger partial charge is 0.394 e. The topological polar surface area (TPSA) is 94.9 Å². The molecule has 2 saturated heterocycles. The molecule has 2 fully saturated rings. The van der Waals surface area contributed by atoms with Crippen LogP contribution in [0.15, 0.2) is 29.2 Å². The molecule has 0 aromatic heterocycles. The van der Waals surface area contributed by atoms with Crippen LogP contribution in [0.25, 0.3) is 0 Å². The Hall–Kier alpha value is -1.16. The first-order valence-electron chi connectivity index (χ1n) is 8.97. The third-order valence-electron chi connectivity index (χ3n) is 5.57. The summed E-state index contributed by atoms with van der Waals surface area (Å²) in [6.07, 6.45) is -0.124. The number of aliphatic hydroxyl groups excluding tert-OH is 2. The van der Waals surface area contributed by atoms with Gasteiger partial charge in [0, 0.05) is 40.3 Å². The van der Waals surface area contributed by atoms with E-state index in [1.54, 1.807) is 4.90 Å². The van der Waals surface area contributed by atoms with Crippen LogP contribution < -0.4 is 0 Å². The molecule has 1 amide bonds. The minimum Gasteiger partial charge on any atom is -0.394 e. The fraction of sp³-hybridized carbons (Fsp3) is 0.611. The van der Waals surface area contributed by atoms with E-state index in [-0.39, 0.29) is 30.5 Å². The third kappa shape index (κ3) is 4.16. The average Bonchev–Trinajstić information content (AvgIpc) is 3.18. The number of nitrogens with zero attached hydrogens (tertiary/aromatic N) is 1. The van der Waals surface area contributed by atoms with Crippen LogP contribution in [0.1, 0.15) is 19.3 Å². The van der Waals surface area contributed by atoms with Gasteiger partial charge in [0.25, 0.3) is 0 Å². The second-order valence-electron chi connectivity index (χ2n) is 7.12. The van der Waals surface area contributed by atoms with Crippen molar-refractivity contribution in [3.8, 4) is 0 Å². The van der Waals surface area contributed by atoms with E-state index in [0.717, 1.165) is 0 Å². The summed E-state index contributed by atoms with van der Waals surface area (Å²) >= 11 is 0. The van der Waals surface area contributed by atoms with E-state index in [4.69, 9.17) is 0 Å². The van der Waals surface area contributed by atoms with Gasteiger partial charge in [-0.05, 0) is 43.5 Å². The standard InChI is InChI=1S/C18H24FNO5S2/c19-13-1-3-14(4-2-13)27(25)15-5-8-20(11-15)17(23)18(16(22)12-21)6-9-26(24)10-7-18/h1-4,15-16,21-22H,5-12H2. The van der Waals surface area contributed by atoms with E-state index in [0.29, 0.717) is 29.4 Å². The highest BCUT2D eigenvalue weighted by Crippen LogP contribution is 2.38. The smallest absolute Gasteiger partial charge is 0.231 e. The Kier molecular flexibility index (Phi) is 6.45. The van der Waals surface area contributed by atoms with Crippen LogP contribution in [0, 0.1) is 11.2 Å². The minimum atomic E-state index is -1.36. The molecule has 0 spiro atoms. The van der Waals surface area contributed by atoms with Crippen LogP contribution >= 0.6 is 0 Å². The van der Waals surface area contributed by atoms with Crippen molar-refractivity contribution in [1.82, 2.24) is 4.90 Å². The van der Waals surface area contributed by atoms with E-state index in [1.807, 2.05) is 0 Å². The number of carbonyl (C=O) groups is 1. The number of halogens is 1.